The summed E-state index contributed by atoms with van der Waals surface area (Å²) in [5, 5.41) is 0.682. The minimum atomic E-state index is 0.642. The van der Waals surface area contributed by atoms with Gasteiger partial charge in [0.25, 0.3) is 0 Å². The topological polar surface area (TPSA) is 57.1 Å². The van der Waals surface area contributed by atoms with Gasteiger partial charge in [-0.3, -0.25) is 0 Å². The molecule has 1 aromatic heterocycles. The molecular formula is C18H17N3O2S. The Labute approximate surface area is 145 Å². The zero-order valence-corrected chi connectivity index (χ0v) is 14.5. The molecule has 122 valence electrons. The molecule has 24 heavy (non-hydrogen) atoms. The van der Waals surface area contributed by atoms with E-state index in [0.717, 1.165) is 22.6 Å². The van der Waals surface area contributed by atoms with Crippen molar-refractivity contribution in [2.45, 2.75) is 5.16 Å². The Morgan fingerprint density at radius 1 is 0.667 bits per heavy atom. The van der Waals surface area contributed by atoms with Crippen LogP contribution in [0.25, 0.3) is 22.8 Å². The highest BCUT2D eigenvalue weighted by atomic mass is 32.2. The lowest BCUT2D eigenvalue weighted by atomic mass is 10.2. The molecule has 3 aromatic rings. The van der Waals surface area contributed by atoms with E-state index in [2.05, 4.69) is 15.0 Å². The summed E-state index contributed by atoms with van der Waals surface area (Å²) < 4.78 is 10.4. The molecule has 0 aliphatic heterocycles. The summed E-state index contributed by atoms with van der Waals surface area (Å²) in [6, 6.07) is 15.3. The van der Waals surface area contributed by atoms with Crippen molar-refractivity contribution in [1.82, 2.24) is 15.0 Å². The van der Waals surface area contributed by atoms with Gasteiger partial charge in [0.2, 0.25) is 0 Å². The predicted octanol–water partition coefficient (Wildman–Crippen LogP) is 3.94. The molecule has 6 heteroatoms. The van der Waals surface area contributed by atoms with Gasteiger partial charge >= 0.3 is 0 Å². The molecule has 0 atom stereocenters. The van der Waals surface area contributed by atoms with Crippen LogP contribution in [0.2, 0.25) is 0 Å². The summed E-state index contributed by atoms with van der Waals surface area (Å²) in [5.74, 6) is 2.88. The van der Waals surface area contributed by atoms with Crippen molar-refractivity contribution >= 4 is 11.8 Å². The van der Waals surface area contributed by atoms with Crippen LogP contribution in [0, 0.1) is 0 Å². The molecule has 0 unspecified atom stereocenters. The van der Waals surface area contributed by atoms with Gasteiger partial charge in [-0.25, -0.2) is 15.0 Å². The Morgan fingerprint density at radius 3 is 1.42 bits per heavy atom. The zero-order chi connectivity index (χ0) is 16.9. The van der Waals surface area contributed by atoms with Gasteiger partial charge in [0.05, 0.1) is 14.2 Å². The average molecular weight is 339 g/mol. The summed E-state index contributed by atoms with van der Waals surface area (Å²) in [7, 11) is 3.29. The predicted molar refractivity (Wildman–Crippen MR) is 95.6 cm³/mol. The van der Waals surface area contributed by atoms with Gasteiger partial charge in [-0.2, -0.15) is 0 Å². The van der Waals surface area contributed by atoms with Gasteiger partial charge < -0.3 is 9.47 Å². The van der Waals surface area contributed by atoms with E-state index in [1.165, 1.54) is 11.8 Å². The molecule has 0 aliphatic carbocycles. The highest BCUT2D eigenvalue weighted by Crippen LogP contribution is 2.25. The summed E-state index contributed by atoms with van der Waals surface area (Å²) in [5.41, 5.74) is 1.84. The third-order valence-electron chi connectivity index (χ3n) is 3.49. The number of aromatic nitrogens is 3. The molecule has 0 aliphatic rings. The van der Waals surface area contributed by atoms with Crippen LogP contribution in [0.1, 0.15) is 0 Å². The van der Waals surface area contributed by atoms with Gasteiger partial charge in [0.1, 0.15) is 11.5 Å². The Hall–Kier alpha value is -2.60. The number of methoxy groups -OCH3 is 2. The fraction of sp³-hybridized carbons (Fsp3) is 0.167. The smallest absolute Gasteiger partial charge is 0.191 e. The number of rotatable bonds is 5. The van der Waals surface area contributed by atoms with Crippen molar-refractivity contribution in [2.75, 3.05) is 20.5 Å². The molecule has 0 radical (unpaired) electrons. The standard InChI is InChI=1S/C18H17N3O2S/c1-22-14-8-4-12(5-9-14)16-19-17(21-18(20-16)24-3)13-6-10-15(23-2)11-7-13/h4-11H,1-3H3. The summed E-state index contributed by atoms with van der Waals surface area (Å²) >= 11 is 1.49. The largest absolute Gasteiger partial charge is 0.497 e. The van der Waals surface area contributed by atoms with Crippen LogP contribution in [0.15, 0.2) is 53.7 Å². The molecule has 3 rings (SSSR count). The van der Waals surface area contributed by atoms with Crippen molar-refractivity contribution in [3.63, 3.8) is 0 Å². The lowest BCUT2D eigenvalue weighted by Crippen LogP contribution is -1.99. The summed E-state index contributed by atoms with van der Waals surface area (Å²) in [4.78, 5) is 13.6. The van der Waals surface area contributed by atoms with Gasteiger partial charge in [0.15, 0.2) is 16.8 Å². The molecule has 1 heterocycles. The normalized spacial score (nSPS) is 10.5. The first-order chi connectivity index (χ1) is 11.7. The van der Waals surface area contributed by atoms with Crippen molar-refractivity contribution < 1.29 is 9.47 Å². The van der Waals surface area contributed by atoms with Crippen molar-refractivity contribution in [2.24, 2.45) is 0 Å². The molecule has 2 aromatic carbocycles. The Morgan fingerprint density at radius 2 is 1.08 bits per heavy atom. The number of thioether (sulfide) groups is 1. The first-order valence-electron chi connectivity index (χ1n) is 7.32. The maximum atomic E-state index is 5.20. The quantitative estimate of drug-likeness (QED) is 0.656. The van der Waals surface area contributed by atoms with Crippen LogP contribution in [-0.2, 0) is 0 Å². The Bertz CT molecular complexity index is 755. The van der Waals surface area contributed by atoms with Crippen LogP contribution >= 0.6 is 11.8 Å². The van der Waals surface area contributed by atoms with Crippen molar-refractivity contribution in [1.29, 1.82) is 0 Å². The Balaban J connectivity index is 2.03. The van der Waals surface area contributed by atoms with Gasteiger partial charge in [-0.05, 0) is 54.8 Å². The van der Waals surface area contributed by atoms with Gasteiger partial charge in [-0.1, -0.05) is 11.8 Å². The van der Waals surface area contributed by atoms with Crippen LogP contribution in [0.3, 0.4) is 0 Å². The second kappa shape index (κ2) is 7.31. The molecular weight excluding hydrogens is 322 g/mol. The molecule has 0 bridgehead atoms. The minimum absolute atomic E-state index is 0.642. The molecule has 0 saturated carbocycles. The van der Waals surface area contributed by atoms with E-state index in [1.54, 1.807) is 14.2 Å². The molecule has 0 amide bonds. The second-order valence-electron chi connectivity index (χ2n) is 4.93. The lowest BCUT2D eigenvalue weighted by Gasteiger charge is -2.07. The maximum Gasteiger partial charge on any atom is 0.191 e. The van der Waals surface area contributed by atoms with E-state index >= 15 is 0 Å². The highest BCUT2D eigenvalue weighted by molar-refractivity contribution is 7.98. The molecule has 0 saturated heterocycles. The number of ether oxygens (including phenoxy) is 2. The third kappa shape index (κ3) is 3.49. The SMILES string of the molecule is COc1ccc(-c2nc(SC)nc(-c3ccc(OC)cc3)n2)cc1. The van der Waals surface area contributed by atoms with Crippen LogP contribution < -0.4 is 9.47 Å². The first kappa shape index (κ1) is 16.3. The van der Waals surface area contributed by atoms with Gasteiger partial charge in [-0.15, -0.1) is 0 Å². The molecule has 0 fully saturated rings. The maximum absolute atomic E-state index is 5.20. The molecule has 5 nitrogen and oxygen atoms in total. The summed E-state index contributed by atoms with van der Waals surface area (Å²) in [6.07, 6.45) is 1.95. The lowest BCUT2D eigenvalue weighted by molar-refractivity contribution is 0.415. The third-order valence-corrected chi connectivity index (χ3v) is 4.04. The van der Waals surface area contributed by atoms with E-state index in [4.69, 9.17) is 9.47 Å². The van der Waals surface area contributed by atoms with E-state index in [1.807, 2.05) is 54.8 Å². The fourth-order valence-corrected chi connectivity index (χ4v) is 2.54. The molecule has 0 spiro atoms. The van der Waals surface area contributed by atoms with Crippen LogP contribution in [0.5, 0.6) is 11.5 Å². The number of nitrogens with zero attached hydrogens (tertiary/aromatic N) is 3. The van der Waals surface area contributed by atoms with E-state index in [0.29, 0.717) is 16.8 Å². The van der Waals surface area contributed by atoms with E-state index < -0.39 is 0 Å². The Kier molecular flexibility index (Phi) is 4.96. The van der Waals surface area contributed by atoms with Crippen LogP contribution in [0.4, 0.5) is 0 Å². The van der Waals surface area contributed by atoms with Gasteiger partial charge in [0, 0.05) is 11.1 Å². The number of hydrogen-bond donors (Lipinski definition) is 0. The molecule has 0 N–H and O–H groups in total. The number of hydrogen-bond acceptors (Lipinski definition) is 6. The zero-order valence-electron chi connectivity index (χ0n) is 13.7. The second-order valence-corrected chi connectivity index (χ2v) is 5.70. The van der Waals surface area contributed by atoms with E-state index in [9.17, 15) is 0 Å². The number of benzene rings is 2. The van der Waals surface area contributed by atoms with Crippen molar-refractivity contribution in [3.05, 3.63) is 48.5 Å². The summed E-state index contributed by atoms with van der Waals surface area (Å²) in [6.45, 7) is 0. The van der Waals surface area contributed by atoms with Crippen LogP contribution in [-0.4, -0.2) is 35.4 Å². The fourth-order valence-electron chi connectivity index (χ4n) is 2.19. The highest BCUT2D eigenvalue weighted by Gasteiger charge is 2.10. The first-order valence-corrected chi connectivity index (χ1v) is 8.55. The monoisotopic (exact) mass is 339 g/mol. The van der Waals surface area contributed by atoms with Crippen molar-refractivity contribution in [3.8, 4) is 34.3 Å². The average Bonchev–Trinajstić information content (AvgIpc) is 2.67. The van der Waals surface area contributed by atoms with E-state index in [-0.39, 0.29) is 0 Å². The minimum Gasteiger partial charge on any atom is -0.497 e.